The number of hydrogen-bond acceptors (Lipinski definition) is 8. The predicted molar refractivity (Wildman–Crippen MR) is 103 cm³/mol. The lowest BCUT2D eigenvalue weighted by Gasteiger charge is -2.12. The van der Waals surface area contributed by atoms with E-state index in [9.17, 15) is 0 Å². The fourth-order valence-corrected chi connectivity index (χ4v) is 2.72. The Kier molecular flexibility index (Phi) is 5.92. The van der Waals surface area contributed by atoms with E-state index in [1.165, 1.54) is 0 Å². The summed E-state index contributed by atoms with van der Waals surface area (Å²) in [4.78, 5) is 13.4. The largest absolute Gasteiger partial charge is 0.493 e. The molecule has 0 aliphatic heterocycles. The van der Waals surface area contributed by atoms with E-state index in [0.29, 0.717) is 41.9 Å². The average molecular weight is 372 g/mol. The van der Waals surface area contributed by atoms with Crippen molar-refractivity contribution in [1.82, 2.24) is 19.5 Å². The zero-order valence-electron chi connectivity index (χ0n) is 15.7. The van der Waals surface area contributed by atoms with Crippen LogP contribution in [-0.2, 0) is 13.1 Å². The second-order valence-corrected chi connectivity index (χ2v) is 5.79. The van der Waals surface area contributed by atoms with Gasteiger partial charge in [-0.3, -0.25) is 0 Å². The van der Waals surface area contributed by atoms with Crippen molar-refractivity contribution in [2.75, 3.05) is 38.0 Å². The molecular weight excluding hydrogens is 348 g/mol. The molecule has 0 amide bonds. The molecule has 0 unspecified atom stereocenters. The van der Waals surface area contributed by atoms with Gasteiger partial charge >= 0.3 is 0 Å². The summed E-state index contributed by atoms with van der Waals surface area (Å²) in [5.74, 6) is 2.43. The number of nitrogens with one attached hydrogen (secondary N) is 2. The number of rotatable bonds is 9. The maximum Gasteiger partial charge on any atom is 0.226 e. The number of aliphatic hydroxyl groups is 1. The lowest BCUT2D eigenvalue weighted by Crippen LogP contribution is -2.11. The molecule has 0 radical (unpaired) electrons. The standard InChI is InChI=1S/C18H24N6O3/c1-4-24-11-21-15-16(22-18(19-7-8-25)23-17(15)24)20-10-12-5-6-13(26-2)14(9-12)27-3/h5-6,9,11,25H,4,7-8,10H2,1-3H3,(H2,19,20,22,23). The molecular formula is C18H24N6O3. The van der Waals surface area contributed by atoms with E-state index < -0.39 is 0 Å². The highest BCUT2D eigenvalue weighted by molar-refractivity contribution is 5.84. The van der Waals surface area contributed by atoms with E-state index in [0.717, 1.165) is 17.8 Å². The minimum Gasteiger partial charge on any atom is -0.493 e. The number of hydrogen-bond donors (Lipinski definition) is 3. The number of benzene rings is 1. The molecule has 2 heterocycles. The van der Waals surface area contributed by atoms with Crippen LogP contribution in [0.1, 0.15) is 12.5 Å². The number of aryl methyl sites for hydroxylation is 1. The van der Waals surface area contributed by atoms with Gasteiger partial charge in [0.05, 0.1) is 27.2 Å². The monoisotopic (exact) mass is 372 g/mol. The predicted octanol–water partition coefficient (Wildman–Crippen LogP) is 1.88. The molecule has 0 bridgehead atoms. The third-order valence-electron chi connectivity index (χ3n) is 4.11. The number of fused-ring (bicyclic) bond motifs is 1. The van der Waals surface area contributed by atoms with Crippen LogP contribution in [0.5, 0.6) is 11.5 Å². The molecule has 3 aromatic rings. The fourth-order valence-electron chi connectivity index (χ4n) is 2.72. The second kappa shape index (κ2) is 8.54. The first kappa shape index (κ1) is 18.7. The minimum absolute atomic E-state index is 0.00282. The van der Waals surface area contributed by atoms with Gasteiger partial charge in [-0.2, -0.15) is 9.97 Å². The maximum atomic E-state index is 9.04. The van der Waals surface area contributed by atoms with Gasteiger partial charge < -0.3 is 29.8 Å². The van der Waals surface area contributed by atoms with Crippen LogP contribution in [0.3, 0.4) is 0 Å². The summed E-state index contributed by atoms with van der Waals surface area (Å²) < 4.78 is 12.6. The Morgan fingerprint density at radius 1 is 1.11 bits per heavy atom. The number of ether oxygens (including phenoxy) is 2. The van der Waals surface area contributed by atoms with Gasteiger partial charge in [0.25, 0.3) is 0 Å². The van der Waals surface area contributed by atoms with Crippen LogP contribution in [0.4, 0.5) is 11.8 Å². The highest BCUT2D eigenvalue weighted by atomic mass is 16.5. The van der Waals surface area contributed by atoms with Gasteiger partial charge in [-0.1, -0.05) is 6.07 Å². The first-order chi connectivity index (χ1) is 13.2. The van der Waals surface area contributed by atoms with Gasteiger partial charge in [-0.15, -0.1) is 0 Å². The Labute approximate surface area is 157 Å². The van der Waals surface area contributed by atoms with Crippen molar-refractivity contribution in [1.29, 1.82) is 0 Å². The third-order valence-corrected chi connectivity index (χ3v) is 4.11. The molecule has 9 nitrogen and oxygen atoms in total. The Balaban J connectivity index is 1.88. The van der Waals surface area contributed by atoms with Gasteiger partial charge in [-0.05, 0) is 24.6 Å². The van der Waals surface area contributed by atoms with E-state index in [-0.39, 0.29) is 6.61 Å². The van der Waals surface area contributed by atoms with Gasteiger partial charge in [0, 0.05) is 19.6 Å². The Morgan fingerprint density at radius 2 is 1.93 bits per heavy atom. The smallest absolute Gasteiger partial charge is 0.226 e. The Morgan fingerprint density at radius 3 is 2.63 bits per heavy atom. The fraction of sp³-hybridized carbons (Fsp3) is 0.389. The summed E-state index contributed by atoms with van der Waals surface area (Å²) >= 11 is 0. The van der Waals surface area contributed by atoms with Crippen molar-refractivity contribution >= 4 is 22.9 Å². The van der Waals surface area contributed by atoms with Crippen LogP contribution in [-0.4, -0.2) is 52.0 Å². The molecule has 0 spiro atoms. The third kappa shape index (κ3) is 4.03. The Hall–Kier alpha value is -3.07. The molecule has 144 valence electrons. The van der Waals surface area contributed by atoms with E-state index in [4.69, 9.17) is 14.6 Å². The first-order valence-corrected chi connectivity index (χ1v) is 8.72. The summed E-state index contributed by atoms with van der Waals surface area (Å²) in [7, 11) is 3.22. The molecule has 0 aliphatic rings. The molecule has 0 aliphatic carbocycles. The molecule has 3 N–H and O–H groups in total. The molecule has 9 heteroatoms. The average Bonchev–Trinajstić information content (AvgIpc) is 3.13. The molecule has 0 saturated carbocycles. The molecule has 0 atom stereocenters. The van der Waals surface area contributed by atoms with Crippen molar-refractivity contribution in [3.8, 4) is 11.5 Å². The topological polar surface area (TPSA) is 106 Å². The summed E-state index contributed by atoms with van der Waals surface area (Å²) in [6.07, 6.45) is 1.75. The van der Waals surface area contributed by atoms with E-state index >= 15 is 0 Å². The quantitative estimate of drug-likeness (QED) is 0.523. The van der Waals surface area contributed by atoms with Gasteiger partial charge in [0.15, 0.2) is 28.5 Å². The van der Waals surface area contributed by atoms with E-state index in [1.807, 2.05) is 29.7 Å². The van der Waals surface area contributed by atoms with Crippen LogP contribution < -0.4 is 20.1 Å². The van der Waals surface area contributed by atoms with Crippen molar-refractivity contribution in [2.45, 2.75) is 20.0 Å². The number of aliphatic hydroxyl groups excluding tert-OH is 1. The number of methoxy groups -OCH3 is 2. The van der Waals surface area contributed by atoms with E-state index in [1.54, 1.807) is 20.5 Å². The van der Waals surface area contributed by atoms with Gasteiger partial charge in [0.2, 0.25) is 5.95 Å². The SMILES string of the molecule is CCn1cnc2c(NCc3ccc(OC)c(OC)c3)nc(NCCO)nc21. The maximum absolute atomic E-state index is 9.04. The van der Waals surface area contributed by atoms with E-state index in [2.05, 4.69) is 25.6 Å². The van der Waals surface area contributed by atoms with Crippen molar-refractivity contribution < 1.29 is 14.6 Å². The van der Waals surface area contributed by atoms with Crippen molar-refractivity contribution in [2.24, 2.45) is 0 Å². The first-order valence-electron chi connectivity index (χ1n) is 8.72. The number of nitrogens with zero attached hydrogens (tertiary/aromatic N) is 4. The van der Waals surface area contributed by atoms with Crippen molar-refractivity contribution in [3.63, 3.8) is 0 Å². The lowest BCUT2D eigenvalue weighted by molar-refractivity contribution is 0.311. The molecule has 3 rings (SSSR count). The number of anilines is 2. The van der Waals surface area contributed by atoms with Gasteiger partial charge in [0.1, 0.15) is 0 Å². The van der Waals surface area contributed by atoms with Crippen LogP contribution in [0.15, 0.2) is 24.5 Å². The van der Waals surface area contributed by atoms with Crippen molar-refractivity contribution in [3.05, 3.63) is 30.1 Å². The van der Waals surface area contributed by atoms with Crippen LogP contribution in [0.2, 0.25) is 0 Å². The molecule has 2 aromatic heterocycles. The highest BCUT2D eigenvalue weighted by Gasteiger charge is 2.13. The lowest BCUT2D eigenvalue weighted by atomic mass is 10.2. The normalized spacial score (nSPS) is 10.8. The van der Waals surface area contributed by atoms with Crippen LogP contribution in [0, 0.1) is 0 Å². The molecule has 0 saturated heterocycles. The molecule has 0 fully saturated rings. The number of aromatic nitrogens is 4. The van der Waals surface area contributed by atoms with Gasteiger partial charge in [-0.25, -0.2) is 4.98 Å². The zero-order chi connectivity index (χ0) is 19.2. The number of imidazole rings is 1. The minimum atomic E-state index is 0.00282. The zero-order valence-corrected chi connectivity index (χ0v) is 15.7. The summed E-state index contributed by atoms with van der Waals surface area (Å²) in [5.41, 5.74) is 2.45. The highest BCUT2D eigenvalue weighted by Crippen LogP contribution is 2.28. The Bertz CT molecular complexity index is 911. The summed E-state index contributed by atoms with van der Waals surface area (Å²) in [6.45, 7) is 3.69. The van der Waals surface area contributed by atoms with Crippen LogP contribution in [0.25, 0.3) is 11.2 Å². The molecule has 27 heavy (non-hydrogen) atoms. The van der Waals surface area contributed by atoms with Crippen LogP contribution >= 0.6 is 0 Å². The second-order valence-electron chi connectivity index (χ2n) is 5.79. The molecule has 1 aromatic carbocycles. The summed E-state index contributed by atoms with van der Waals surface area (Å²) in [5, 5.41) is 15.4. The summed E-state index contributed by atoms with van der Waals surface area (Å²) in [6, 6.07) is 5.74.